The molecule has 0 fully saturated rings. The predicted octanol–water partition coefficient (Wildman–Crippen LogP) is 4.48. The summed E-state index contributed by atoms with van der Waals surface area (Å²) in [5, 5.41) is 3.94. The smallest absolute Gasteiger partial charge is 0.225 e. The molecule has 3 rings (SSSR count). The van der Waals surface area contributed by atoms with Gasteiger partial charge in [0.25, 0.3) is 0 Å². The van der Waals surface area contributed by atoms with Gasteiger partial charge in [0, 0.05) is 34.1 Å². The van der Waals surface area contributed by atoms with Crippen molar-refractivity contribution in [3.05, 3.63) is 51.5 Å². The maximum Gasteiger partial charge on any atom is 0.225 e. The number of carbonyl (C=O) groups is 1. The number of hydrogen-bond acceptors (Lipinski definition) is 3. The number of ether oxygens (including phenoxy) is 2. The molecule has 23 heavy (non-hydrogen) atoms. The second kappa shape index (κ2) is 6.30. The number of rotatable bonds is 3. The van der Waals surface area contributed by atoms with Crippen LogP contribution in [0.1, 0.15) is 23.5 Å². The number of methoxy groups -OCH3 is 2. The second-order valence-electron chi connectivity index (χ2n) is 5.23. The lowest BCUT2D eigenvalue weighted by Crippen LogP contribution is -2.24. The minimum atomic E-state index is -0.236. The molecule has 2 aromatic rings. The summed E-state index contributed by atoms with van der Waals surface area (Å²) in [6.07, 6.45) is 0.270. The largest absolute Gasteiger partial charge is 0.493 e. The first kappa shape index (κ1) is 16.0. The van der Waals surface area contributed by atoms with Gasteiger partial charge in [-0.2, -0.15) is 0 Å². The molecular weight excluding hydrogens is 337 g/mol. The number of amides is 1. The first-order chi connectivity index (χ1) is 11.0. The molecule has 1 amide bonds. The van der Waals surface area contributed by atoms with Crippen LogP contribution in [-0.4, -0.2) is 20.1 Å². The van der Waals surface area contributed by atoms with Crippen molar-refractivity contribution in [2.45, 2.75) is 12.3 Å². The lowest BCUT2D eigenvalue weighted by Gasteiger charge is -2.28. The SMILES string of the molecule is COc1cc2c(cc1OC)C(c1c(Cl)cccc1Cl)CC(=O)N2. The summed E-state index contributed by atoms with van der Waals surface area (Å²) in [5.41, 5.74) is 2.33. The van der Waals surface area contributed by atoms with Gasteiger partial charge in [0.1, 0.15) is 0 Å². The highest BCUT2D eigenvalue weighted by atomic mass is 35.5. The third-order valence-corrected chi connectivity index (χ3v) is 4.60. The molecule has 1 N–H and O–H groups in total. The molecule has 1 unspecified atom stereocenters. The molecular formula is C17H15Cl2NO3. The molecule has 0 bridgehead atoms. The third kappa shape index (κ3) is 2.84. The molecule has 0 radical (unpaired) electrons. The molecule has 1 heterocycles. The fourth-order valence-electron chi connectivity index (χ4n) is 2.89. The fourth-order valence-corrected chi connectivity index (χ4v) is 3.55. The Morgan fingerprint density at radius 1 is 1.09 bits per heavy atom. The Morgan fingerprint density at radius 2 is 1.70 bits per heavy atom. The van der Waals surface area contributed by atoms with Crippen LogP contribution in [-0.2, 0) is 4.79 Å². The Morgan fingerprint density at radius 3 is 2.30 bits per heavy atom. The van der Waals surface area contributed by atoms with Crippen LogP contribution in [0.3, 0.4) is 0 Å². The topological polar surface area (TPSA) is 47.6 Å². The lowest BCUT2D eigenvalue weighted by molar-refractivity contribution is -0.116. The van der Waals surface area contributed by atoms with Crippen LogP contribution < -0.4 is 14.8 Å². The van der Waals surface area contributed by atoms with Crippen molar-refractivity contribution in [1.82, 2.24) is 0 Å². The summed E-state index contributed by atoms with van der Waals surface area (Å²) in [6.45, 7) is 0. The van der Waals surface area contributed by atoms with Crippen molar-refractivity contribution in [1.29, 1.82) is 0 Å². The number of anilines is 1. The van der Waals surface area contributed by atoms with Crippen LogP contribution in [0.4, 0.5) is 5.69 Å². The molecule has 1 atom stereocenters. The molecule has 0 aromatic heterocycles. The van der Waals surface area contributed by atoms with E-state index in [0.717, 1.165) is 11.1 Å². The highest BCUT2D eigenvalue weighted by molar-refractivity contribution is 6.36. The van der Waals surface area contributed by atoms with E-state index in [0.29, 0.717) is 27.2 Å². The van der Waals surface area contributed by atoms with Gasteiger partial charge in [-0.3, -0.25) is 4.79 Å². The Balaban J connectivity index is 2.20. The van der Waals surface area contributed by atoms with E-state index in [4.69, 9.17) is 32.7 Å². The number of nitrogens with one attached hydrogen (secondary N) is 1. The maximum absolute atomic E-state index is 12.1. The molecule has 2 aromatic carbocycles. The molecule has 6 heteroatoms. The second-order valence-corrected chi connectivity index (χ2v) is 6.05. The van der Waals surface area contributed by atoms with Gasteiger partial charge in [-0.1, -0.05) is 29.3 Å². The van der Waals surface area contributed by atoms with Gasteiger partial charge in [0.05, 0.1) is 14.2 Å². The Bertz CT molecular complexity index is 756. The Labute approximate surface area is 144 Å². The zero-order chi connectivity index (χ0) is 16.6. The van der Waals surface area contributed by atoms with E-state index in [1.54, 1.807) is 38.5 Å². The van der Waals surface area contributed by atoms with Crippen molar-refractivity contribution >= 4 is 34.8 Å². The number of fused-ring (bicyclic) bond motifs is 1. The monoisotopic (exact) mass is 351 g/mol. The van der Waals surface area contributed by atoms with Crippen LogP contribution in [0.2, 0.25) is 10.0 Å². The van der Waals surface area contributed by atoms with Crippen molar-refractivity contribution in [3.63, 3.8) is 0 Å². The van der Waals surface area contributed by atoms with Gasteiger partial charge < -0.3 is 14.8 Å². The average molecular weight is 352 g/mol. The quantitative estimate of drug-likeness (QED) is 0.886. The summed E-state index contributed by atoms with van der Waals surface area (Å²) in [4.78, 5) is 12.1. The number of benzene rings is 2. The normalized spacial score (nSPS) is 16.5. The van der Waals surface area contributed by atoms with Crippen LogP contribution in [0.15, 0.2) is 30.3 Å². The van der Waals surface area contributed by atoms with E-state index in [2.05, 4.69) is 5.32 Å². The first-order valence-corrected chi connectivity index (χ1v) is 7.80. The van der Waals surface area contributed by atoms with Gasteiger partial charge in [0.2, 0.25) is 5.91 Å². The minimum absolute atomic E-state index is 0.0919. The maximum atomic E-state index is 12.1. The van der Waals surface area contributed by atoms with E-state index in [1.807, 2.05) is 6.07 Å². The van der Waals surface area contributed by atoms with Crippen LogP contribution in [0.5, 0.6) is 11.5 Å². The van der Waals surface area contributed by atoms with Gasteiger partial charge in [-0.25, -0.2) is 0 Å². The van der Waals surface area contributed by atoms with Gasteiger partial charge in [-0.15, -0.1) is 0 Å². The average Bonchev–Trinajstić information content (AvgIpc) is 2.53. The summed E-state index contributed by atoms with van der Waals surface area (Å²) >= 11 is 12.7. The van der Waals surface area contributed by atoms with Crippen LogP contribution in [0, 0.1) is 0 Å². The zero-order valence-corrected chi connectivity index (χ0v) is 14.2. The van der Waals surface area contributed by atoms with E-state index in [1.165, 1.54) is 0 Å². The number of carbonyl (C=O) groups excluding carboxylic acids is 1. The van der Waals surface area contributed by atoms with Crippen molar-refractivity contribution in [2.75, 3.05) is 19.5 Å². The van der Waals surface area contributed by atoms with E-state index >= 15 is 0 Å². The third-order valence-electron chi connectivity index (χ3n) is 3.94. The van der Waals surface area contributed by atoms with Crippen molar-refractivity contribution < 1.29 is 14.3 Å². The molecule has 1 aliphatic heterocycles. The standard InChI is InChI=1S/C17H15Cl2NO3/c1-22-14-6-9-10(17-11(18)4-3-5-12(17)19)7-16(21)20-13(9)8-15(14)23-2/h3-6,8,10H,7H2,1-2H3,(H,20,21). The minimum Gasteiger partial charge on any atom is -0.493 e. The fraction of sp³-hybridized carbons (Fsp3) is 0.235. The summed E-state index contributed by atoms with van der Waals surface area (Å²) in [7, 11) is 3.13. The zero-order valence-electron chi connectivity index (χ0n) is 12.7. The van der Waals surface area contributed by atoms with Gasteiger partial charge in [-0.05, 0) is 29.3 Å². The molecule has 0 saturated carbocycles. The number of hydrogen-bond donors (Lipinski definition) is 1. The molecule has 120 valence electrons. The lowest BCUT2D eigenvalue weighted by atomic mass is 9.84. The van der Waals surface area contributed by atoms with E-state index in [9.17, 15) is 4.79 Å². The summed E-state index contributed by atoms with van der Waals surface area (Å²) in [5.74, 6) is 0.818. The molecule has 4 nitrogen and oxygen atoms in total. The summed E-state index contributed by atoms with van der Waals surface area (Å²) in [6, 6.07) is 8.94. The molecule has 0 aliphatic carbocycles. The molecule has 0 saturated heterocycles. The van der Waals surface area contributed by atoms with Crippen molar-refractivity contribution in [2.24, 2.45) is 0 Å². The van der Waals surface area contributed by atoms with Crippen LogP contribution in [0.25, 0.3) is 0 Å². The number of halogens is 2. The van der Waals surface area contributed by atoms with E-state index in [-0.39, 0.29) is 18.2 Å². The molecule has 0 spiro atoms. The first-order valence-electron chi connectivity index (χ1n) is 7.04. The summed E-state index contributed by atoms with van der Waals surface area (Å²) < 4.78 is 10.7. The highest BCUT2D eigenvalue weighted by Gasteiger charge is 2.31. The molecule has 1 aliphatic rings. The predicted molar refractivity (Wildman–Crippen MR) is 91.1 cm³/mol. The van der Waals surface area contributed by atoms with Crippen LogP contribution >= 0.6 is 23.2 Å². The van der Waals surface area contributed by atoms with Crippen molar-refractivity contribution in [3.8, 4) is 11.5 Å². The van der Waals surface area contributed by atoms with E-state index < -0.39 is 0 Å². The Kier molecular flexibility index (Phi) is 4.37. The van der Waals surface area contributed by atoms with Gasteiger partial charge in [0.15, 0.2) is 11.5 Å². The Hall–Kier alpha value is -1.91. The highest BCUT2D eigenvalue weighted by Crippen LogP contribution is 2.46. The van der Waals surface area contributed by atoms with Gasteiger partial charge >= 0.3 is 0 Å².